The molecule has 0 saturated carbocycles. The summed E-state index contributed by atoms with van der Waals surface area (Å²) in [6, 6.07) is 5.19. The molecule has 1 unspecified atom stereocenters. The molecule has 2 nitrogen and oxygen atoms in total. The summed E-state index contributed by atoms with van der Waals surface area (Å²) >= 11 is 5.45. The number of benzene rings is 1. The second kappa shape index (κ2) is 5.42. The van der Waals surface area contributed by atoms with Gasteiger partial charge in [-0.1, -0.05) is 11.6 Å². The highest BCUT2D eigenvalue weighted by Crippen LogP contribution is 2.25. The number of aliphatic hydroxyl groups excluding tert-OH is 1. The predicted octanol–water partition coefficient (Wildman–Crippen LogP) is 3.29. The Kier molecular flexibility index (Phi) is 3.89. The van der Waals surface area contributed by atoms with Gasteiger partial charge >= 0.3 is 0 Å². The lowest BCUT2D eigenvalue weighted by atomic mass is 10.0. The van der Waals surface area contributed by atoms with E-state index in [1.165, 1.54) is 0 Å². The average molecular weight is 270 g/mol. The highest BCUT2D eigenvalue weighted by molar-refractivity contribution is 6.30. The van der Waals surface area contributed by atoms with E-state index < -0.39 is 17.7 Å². The number of rotatable bonds is 3. The van der Waals surface area contributed by atoms with E-state index in [1.54, 1.807) is 24.5 Å². The fraction of sp³-hybridized carbons (Fsp3) is 0.154. The molecule has 18 heavy (non-hydrogen) atoms. The number of aromatic nitrogens is 1. The monoisotopic (exact) mass is 269 g/mol. The van der Waals surface area contributed by atoms with Crippen LogP contribution in [0, 0.1) is 11.6 Å². The summed E-state index contributed by atoms with van der Waals surface area (Å²) in [5.74, 6) is -1.47. The van der Waals surface area contributed by atoms with Crippen LogP contribution in [0.15, 0.2) is 36.7 Å². The Morgan fingerprint density at radius 1 is 1.17 bits per heavy atom. The molecule has 2 rings (SSSR count). The third-order valence-corrected chi connectivity index (χ3v) is 2.87. The van der Waals surface area contributed by atoms with Crippen molar-refractivity contribution in [2.24, 2.45) is 0 Å². The molecular weight excluding hydrogens is 260 g/mol. The number of hydrogen-bond donors (Lipinski definition) is 1. The Balaban J connectivity index is 2.24. The van der Waals surface area contributed by atoms with Gasteiger partial charge < -0.3 is 5.11 Å². The molecule has 0 fully saturated rings. The Morgan fingerprint density at radius 2 is 1.83 bits per heavy atom. The van der Waals surface area contributed by atoms with Crippen LogP contribution in [-0.2, 0) is 6.42 Å². The topological polar surface area (TPSA) is 33.1 Å². The Morgan fingerprint density at radius 3 is 2.50 bits per heavy atom. The molecule has 0 amide bonds. The van der Waals surface area contributed by atoms with Crippen molar-refractivity contribution in [1.82, 2.24) is 4.98 Å². The zero-order valence-electron chi connectivity index (χ0n) is 9.28. The van der Waals surface area contributed by atoms with Gasteiger partial charge in [-0.25, -0.2) is 8.78 Å². The minimum atomic E-state index is -1.13. The lowest BCUT2D eigenvalue weighted by Gasteiger charge is -2.12. The van der Waals surface area contributed by atoms with Gasteiger partial charge in [0.2, 0.25) is 0 Å². The summed E-state index contributed by atoms with van der Waals surface area (Å²) in [5, 5.41) is 9.60. The third-order valence-electron chi connectivity index (χ3n) is 2.58. The molecule has 0 bridgehead atoms. The summed E-state index contributed by atoms with van der Waals surface area (Å²) in [4.78, 5) is 3.84. The smallest absolute Gasteiger partial charge is 0.142 e. The van der Waals surface area contributed by atoms with E-state index in [2.05, 4.69) is 4.98 Å². The summed E-state index contributed by atoms with van der Waals surface area (Å²) in [5.41, 5.74) is 0.681. The first-order valence-electron chi connectivity index (χ1n) is 5.29. The van der Waals surface area contributed by atoms with Crippen molar-refractivity contribution in [3.63, 3.8) is 0 Å². The number of halogens is 3. The molecule has 1 aromatic carbocycles. The van der Waals surface area contributed by atoms with Crippen molar-refractivity contribution in [1.29, 1.82) is 0 Å². The molecule has 0 spiro atoms. The van der Waals surface area contributed by atoms with Gasteiger partial charge in [0.05, 0.1) is 11.1 Å². The van der Waals surface area contributed by atoms with Crippen molar-refractivity contribution in [2.75, 3.05) is 0 Å². The lowest BCUT2D eigenvalue weighted by molar-refractivity contribution is 0.173. The molecule has 0 aliphatic rings. The summed E-state index contributed by atoms with van der Waals surface area (Å²) in [6.45, 7) is 0. The second-order valence-electron chi connectivity index (χ2n) is 3.86. The van der Waals surface area contributed by atoms with Crippen LogP contribution in [0.25, 0.3) is 0 Å². The zero-order valence-corrected chi connectivity index (χ0v) is 10.0. The highest BCUT2D eigenvalue weighted by atomic mass is 35.5. The number of hydrogen-bond acceptors (Lipinski definition) is 2. The molecule has 1 aromatic heterocycles. The zero-order chi connectivity index (χ0) is 13.1. The summed E-state index contributed by atoms with van der Waals surface area (Å²) in [7, 11) is 0. The van der Waals surface area contributed by atoms with Crippen molar-refractivity contribution in [2.45, 2.75) is 12.5 Å². The van der Waals surface area contributed by atoms with Gasteiger partial charge in [0.25, 0.3) is 0 Å². The fourth-order valence-corrected chi connectivity index (χ4v) is 1.80. The van der Waals surface area contributed by atoms with E-state index in [9.17, 15) is 13.9 Å². The van der Waals surface area contributed by atoms with Gasteiger partial charge in [-0.2, -0.15) is 0 Å². The SMILES string of the molecule is OC(Cc1ccncc1)c1cc(F)c(Cl)cc1F. The first-order chi connectivity index (χ1) is 8.58. The largest absolute Gasteiger partial charge is 0.388 e. The first-order valence-corrected chi connectivity index (χ1v) is 5.67. The summed E-state index contributed by atoms with van der Waals surface area (Å²) in [6.07, 6.45) is 2.20. The van der Waals surface area contributed by atoms with Crippen LogP contribution < -0.4 is 0 Å². The maximum absolute atomic E-state index is 13.6. The van der Waals surface area contributed by atoms with Crippen LogP contribution in [0.5, 0.6) is 0 Å². The van der Waals surface area contributed by atoms with Crippen LogP contribution in [0.1, 0.15) is 17.2 Å². The molecule has 5 heteroatoms. The molecule has 94 valence electrons. The minimum Gasteiger partial charge on any atom is -0.388 e. The quantitative estimate of drug-likeness (QED) is 0.868. The van der Waals surface area contributed by atoms with Crippen molar-refractivity contribution in [3.05, 3.63) is 64.4 Å². The fourth-order valence-electron chi connectivity index (χ4n) is 1.65. The predicted molar refractivity (Wildman–Crippen MR) is 64.3 cm³/mol. The molecule has 0 aliphatic carbocycles. The van der Waals surface area contributed by atoms with Gasteiger partial charge in [0.15, 0.2) is 0 Å². The molecule has 1 atom stereocenters. The van der Waals surface area contributed by atoms with Crippen LogP contribution in [0.2, 0.25) is 5.02 Å². The Bertz CT molecular complexity index is 548. The van der Waals surface area contributed by atoms with E-state index in [0.29, 0.717) is 0 Å². The van der Waals surface area contributed by atoms with E-state index in [1.807, 2.05) is 0 Å². The van der Waals surface area contributed by atoms with Crippen LogP contribution in [-0.4, -0.2) is 10.1 Å². The van der Waals surface area contributed by atoms with Crippen LogP contribution in [0.3, 0.4) is 0 Å². The maximum Gasteiger partial charge on any atom is 0.142 e. The minimum absolute atomic E-state index is 0.103. The molecule has 1 N–H and O–H groups in total. The standard InChI is InChI=1S/C13H10ClF2NO/c14-10-7-11(15)9(6-12(10)16)13(18)5-8-1-3-17-4-2-8/h1-4,6-7,13,18H,5H2. The molecule has 0 saturated heterocycles. The van der Waals surface area contributed by atoms with Crippen molar-refractivity contribution < 1.29 is 13.9 Å². The van der Waals surface area contributed by atoms with Gasteiger partial charge in [0, 0.05) is 24.4 Å². The van der Waals surface area contributed by atoms with Crippen LogP contribution in [0.4, 0.5) is 8.78 Å². The lowest BCUT2D eigenvalue weighted by Crippen LogP contribution is -2.05. The van der Waals surface area contributed by atoms with Crippen molar-refractivity contribution in [3.8, 4) is 0 Å². The highest BCUT2D eigenvalue weighted by Gasteiger charge is 2.16. The van der Waals surface area contributed by atoms with Crippen LogP contribution >= 0.6 is 11.6 Å². The van der Waals surface area contributed by atoms with Gasteiger partial charge in [-0.15, -0.1) is 0 Å². The number of nitrogens with zero attached hydrogens (tertiary/aromatic N) is 1. The third kappa shape index (κ3) is 2.83. The second-order valence-corrected chi connectivity index (χ2v) is 4.27. The van der Waals surface area contributed by atoms with E-state index in [4.69, 9.17) is 11.6 Å². The van der Waals surface area contributed by atoms with Gasteiger partial charge in [-0.05, 0) is 29.8 Å². The van der Waals surface area contributed by atoms with Gasteiger partial charge in [-0.3, -0.25) is 4.98 Å². The molecule has 2 aromatic rings. The molecular formula is C13H10ClF2NO. The number of aliphatic hydroxyl groups is 1. The normalized spacial score (nSPS) is 12.4. The maximum atomic E-state index is 13.6. The summed E-state index contributed by atoms with van der Waals surface area (Å²) < 4.78 is 26.8. The Labute approximate surface area is 108 Å². The molecule has 0 radical (unpaired) electrons. The van der Waals surface area contributed by atoms with E-state index in [0.717, 1.165) is 17.7 Å². The molecule has 1 heterocycles. The number of pyridine rings is 1. The first kappa shape index (κ1) is 12.9. The van der Waals surface area contributed by atoms with E-state index >= 15 is 0 Å². The van der Waals surface area contributed by atoms with Crippen molar-refractivity contribution >= 4 is 11.6 Å². The average Bonchev–Trinajstić information content (AvgIpc) is 2.35. The Hall–Kier alpha value is -1.52. The van der Waals surface area contributed by atoms with E-state index in [-0.39, 0.29) is 17.0 Å². The molecule has 0 aliphatic heterocycles. The van der Waals surface area contributed by atoms with Gasteiger partial charge in [0.1, 0.15) is 11.6 Å².